The molecule has 154 valence electrons. The number of hydrogen-bond acceptors (Lipinski definition) is 7. The molecule has 4 rings (SSSR count). The summed E-state index contributed by atoms with van der Waals surface area (Å²) in [6.07, 6.45) is 9.53. The van der Waals surface area contributed by atoms with Gasteiger partial charge in [-0.15, -0.1) is 0 Å². The lowest BCUT2D eigenvalue weighted by atomic mass is 9.95. The van der Waals surface area contributed by atoms with Crippen LogP contribution in [0.25, 0.3) is 0 Å². The Bertz CT molecular complexity index is 784. The normalized spacial score (nSPS) is 25.6. The summed E-state index contributed by atoms with van der Waals surface area (Å²) < 4.78 is 23.1. The van der Waals surface area contributed by atoms with Crippen LogP contribution in [-0.4, -0.2) is 68.0 Å². The average molecular weight is 408 g/mol. The molecule has 1 N–H and O–H groups in total. The fourth-order valence-corrected chi connectivity index (χ4v) is 6.04. The van der Waals surface area contributed by atoms with Crippen molar-refractivity contribution in [3.63, 3.8) is 0 Å². The summed E-state index contributed by atoms with van der Waals surface area (Å²) in [4.78, 5) is 26.0. The topological polar surface area (TPSA) is 95.5 Å². The Kier molecular flexibility index (Phi) is 5.70. The molecule has 0 spiro atoms. The Morgan fingerprint density at radius 2 is 1.64 bits per heavy atom. The maximum absolute atomic E-state index is 12.5. The number of anilines is 2. The molecular weight excluding hydrogens is 378 g/mol. The lowest BCUT2D eigenvalue weighted by Gasteiger charge is -2.33. The van der Waals surface area contributed by atoms with Crippen LogP contribution in [0, 0.1) is 5.92 Å². The number of piperidine rings is 2. The predicted molar refractivity (Wildman–Crippen MR) is 108 cm³/mol. The Morgan fingerprint density at radius 1 is 0.964 bits per heavy atom. The van der Waals surface area contributed by atoms with Crippen LogP contribution < -0.4 is 15.1 Å². The molecular formula is C19H29N5O3S. The first kappa shape index (κ1) is 19.4. The molecule has 3 aliphatic rings. The number of aromatic nitrogens is 2. The summed E-state index contributed by atoms with van der Waals surface area (Å²) in [5.74, 6) is 1.03. The molecule has 28 heavy (non-hydrogen) atoms. The van der Waals surface area contributed by atoms with Crippen LogP contribution in [0.2, 0.25) is 0 Å². The second-order valence-electron chi connectivity index (χ2n) is 8.16. The molecule has 1 aromatic rings. The SMILES string of the molecule is O=C(NC1CCS(=O)(=O)C1)C1CCN(c2cnc(N3CCCCC3)nc2)CC1. The minimum atomic E-state index is -2.97. The minimum Gasteiger partial charge on any atom is -0.369 e. The molecule has 0 aromatic carbocycles. The van der Waals surface area contributed by atoms with Crippen LogP contribution in [0.15, 0.2) is 12.4 Å². The van der Waals surface area contributed by atoms with Crippen molar-refractivity contribution in [1.29, 1.82) is 0 Å². The van der Waals surface area contributed by atoms with E-state index in [1.807, 2.05) is 12.4 Å². The zero-order valence-electron chi connectivity index (χ0n) is 16.2. The van der Waals surface area contributed by atoms with Gasteiger partial charge < -0.3 is 15.1 Å². The Hall–Kier alpha value is -1.90. The van der Waals surface area contributed by atoms with E-state index in [1.165, 1.54) is 19.3 Å². The van der Waals surface area contributed by atoms with E-state index in [-0.39, 0.29) is 29.4 Å². The lowest BCUT2D eigenvalue weighted by Crippen LogP contribution is -2.44. The van der Waals surface area contributed by atoms with E-state index < -0.39 is 9.84 Å². The maximum atomic E-state index is 12.5. The molecule has 4 heterocycles. The molecule has 3 aliphatic heterocycles. The van der Waals surface area contributed by atoms with E-state index in [0.717, 1.165) is 50.7 Å². The second kappa shape index (κ2) is 8.23. The smallest absolute Gasteiger partial charge is 0.225 e. The maximum Gasteiger partial charge on any atom is 0.225 e. The highest BCUT2D eigenvalue weighted by molar-refractivity contribution is 7.91. The zero-order chi connectivity index (χ0) is 19.6. The van der Waals surface area contributed by atoms with Crippen molar-refractivity contribution in [1.82, 2.24) is 15.3 Å². The van der Waals surface area contributed by atoms with Crippen LogP contribution in [0.5, 0.6) is 0 Å². The van der Waals surface area contributed by atoms with E-state index in [0.29, 0.717) is 6.42 Å². The molecule has 8 nitrogen and oxygen atoms in total. The van der Waals surface area contributed by atoms with Crippen molar-refractivity contribution >= 4 is 27.4 Å². The number of amides is 1. The molecule has 0 saturated carbocycles. The number of carbonyl (C=O) groups excluding carboxylic acids is 1. The van der Waals surface area contributed by atoms with Gasteiger partial charge in [-0.2, -0.15) is 0 Å². The summed E-state index contributed by atoms with van der Waals surface area (Å²) in [7, 11) is -2.97. The molecule has 3 saturated heterocycles. The van der Waals surface area contributed by atoms with Crippen molar-refractivity contribution < 1.29 is 13.2 Å². The van der Waals surface area contributed by atoms with Gasteiger partial charge in [-0.3, -0.25) is 4.79 Å². The zero-order valence-corrected chi connectivity index (χ0v) is 17.0. The van der Waals surface area contributed by atoms with E-state index in [4.69, 9.17) is 0 Å². The quantitative estimate of drug-likeness (QED) is 0.795. The molecule has 1 amide bonds. The van der Waals surface area contributed by atoms with Gasteiger partial charge in [-0.05, 0) is 38.5 Å². The highest BCUT2D eigenvalue weighted by Gasteiger charge is 2.32. The Balaban J connectivity index is 1.27. The van der Waals surface area contributed by atoms with Gasteiger partial charge in [0.25, 0.3) is 0 Å². The first-order valence-corrected chi connectivity index (χ1v) is 12.1. The number of rotatable bonds is 4. The van der Waals surface area contributed by atoms with Gasteiger partial charge in [-0.25, -0.2) is 18.4 Å². The molecule has 0 radical (unpaired) electrons. The number of sulfone groups is 1. The van der Waals surface area contributed by atoms with Gasteiger partial charge in [0.15, 0.2) is 9.84 Å². The third-order valence-electron chi connectivity index (χ3n) is 6.07. The van der Waals surface area contributed by atoms with E-state index in [2.05, 4.69) is 25.1 Å². The summed E-state index contributed by atoms with van der Waals surface area (Å²) in [6.45, 7) is 3.63. The fourth-order valence-electron chi connectivity index (χ4n) is 4.36. The lowest BCUT2D eigenvalue weighted by molar-refractivity contribution is -0.126. The first-order valence-electron chi connectivity index (χ1n) is 10.3. The van der Waals surface area contributed by atoms with Crippen molar-refractivity contribution in [2.24, 2.45) is 5.92 Å². The molecule has 9 heteroatoms. The van der Waals surface area contributed by atoms with E-state index in [1.54, 1.807) is 0 Å². The van der Waals surface area contributed by atoms with Gasteiger partial charge in [0, 0.05) is 38.1 Å². The third kappa shape index (κ3) is 4.56. The van der Waals surface area contributed by atoms with Gasteiger partial charge in [0.1, 0.15) is 0 Å². The van der Waals surface area contributed by atoms with Crippen LogP contribution in [0.3, 0.4) is 0 Å². The van der Waals surface area contributed by atoms with E-state index >= 15 is 0 Å². The number of nitrogens with zero attached hydrogens (tertiary/aromatic N) is 4. The van der Waals surface area contributed by atoms with E-state index in [9.17, 15) is 13.2 Å². The van der Waals surface area contributed by atoms with Crippen LogP contribution >= 0.6 is 0 Å². The molecule has 1 aromatic heterocycles. The fraction of sp³-hybridized carbons (Fsp3) is 0.737. The number of nitrogens with one attached hydrogen (secondary N) is 1. The largest absolute Gasteiger partial charge is 0.369 e. The molecule has 3 fully saturated rings. The van der Waals surface area contributed by atoms with Gasteiger partial charge in [-0.1, -0.05) is 0 Å². The monoisotopic (exact) mass is 407 g/mol. The van der Waals surface area contributed by atoms with Crippen LogP contribution in [-0.2, 0) is 14.6 Å². The van der Waals surface area contributed by atoms with Gasteiger partial charge >= 0.3 is 0 Å². The van der Waals surface area contributed by atoms with Crippen molar-refractivity contribution in [2.45, 2.75) is 44.6 Å². The van der Waals surface area contributed by atoms with Crippen LogP contribution in [0.4, 0.5) is 11.6 Å². The molecule has 0 aliphatic carbocycles. The number of hydrogen-bond donors (Lipinski definition) is 1. The summed E-state index contributed by atoms with van der Waals surface area (Å²) in [6, 6.07) is -0.216. The minimum absolute atomic E-state index is 0.00144. The summed E-state index contributed by atoms with van der Waals surface area (Å²) >= 11 is 0. The van der Waals surface area contributed by atoms with Crippen molar-refractivity contribution in [2.75, 3.05) is 47.5 Å². The standard InChI is InChI=1S/C19H29N5O3S/c25-18(22-16-6-11-28(26,27)14-16)15-4-9-23(10-5-15)17-12-20-19(21-13-17)24-7-2-1-3-8-24/h12-13,15-16H,1-11,14H2,(H,22,25). The van der Waals surface area contributed by atoms with Gasteiger partial charge in [0.2, 0.25) is 11.9 Å². The highest BCUT2D eigenvalue weighted by Crippen LogP contribution is 2.24. The summed E-state index contributed by atoms with van der Waals surface area (Å²) in [5, 5.41) is 2.94. The Labute approximate surface area is 166 Å². The first-order chi connectivity index (χ1) is 13.5. The molecule has 1 unspecified atom stereocenters. The third-order valence-corrected chi connectivity index (χ3v) is 7.84. The predicted octanol–water partition coefficient (Wildman–Crippen LogP) is 0.987. The van der Waals surface area contributed by atoms with Gasteiger partial charge in [0.05, 0.1) is 29.6 Å². The average Bonchev–Trinajstić information content (AvgIpc) is 3.07. The molecule has 0 bridgehead atoms. The number of carbonyl (C=O) groups is 1. The molecule has 1 atom stereocenters. The second-order valence-corrected chi connectivity index (χ2v) is 10.4. The van der Waals surface area contributed by atoms with Crippen LogP contribution in [0.1, 0.15) is 38.5 Å². The summed E-state index contributed by atoms with van der Waals surface area (Å²) in [5.41, 5.74) is 1.00. The Morgan fingerprint density at radius 3 is 2.25 bits per heavy atom. The highest BCUT2D eigenvalue weighted by atomic mass is 32.2. The van der Waals surface area contributed by atoms with Crippen molar-refractivity contribution in [3.8, 4) is 0 Å². The van der Waals surface area contributed by atoms with Crippen molar-refractivity contribution in [3.05, 3.63) is 12.4 Å².